The van der Waals surface area contributed by atoms with E-state index in [1.165, 1.54) is 0 Å². The van der Waals surface area contributed by atoms with Crippen LogP contribution >= 0.6 is 31.9 Å². The van der Waals surface area contributed by atoms with Gasteiger partial charge < -0.3 is 5.11 Å². The second-order valence-electron chi connectivity index (χ2n) is 2.64. The predicted octanol–water partition coefficient (Wildman–Crippen LogP) is 3.10. The van der Waals surface area contributed by atoms with E-state index in [-0.39, 0.29) is 6.42 Å². The number of aliphatic carboxylic acids is 1. The summed E-state index contributed by atoms with van der Waals surface area (Å²) in [5, 5.41) is 8.65. The minimum absolute atomic E-state index is 0.00296. The van der Waals surface area contributed by atoms with Gasteiger partial charge in [-0.3, -0.25) is 4.79 Å². The van der Waals surface area contributed by atoms with Crippen molar-refractivity contribution >= 4 is 37.8 Å². The number of carboxylic acids is 1. The van der Waals surface area contributed by atoms with Crippen molar-refractivity contribution in [2.75, 3.05) is 0 Å². The highest BCUT2D eigenvalue weighted by Gasteiger charge is 2.27. The van der Waals surface area contributed by atoms with Gasteiger partial charge in [0.25, 0.3) is 0 Å². The fourth-order valence-electron chi connectivity index (χ4n) is 0.974. The maximum Gasteiger partial charge on any atom is 0.306 e. The molecule has 0 atom stereocenters. The molecule has 0 radical (unpaired) electrons. The third-order valence-electron chi connectivity index (χ3n) is 1.57. The van der Waals surface area contributed by atoms with Crippen LogP contribution in [0.25, 0.3) is 0 Å². The summed E-state index contributed by atoms with van der Waals surface area (Å²) in [5.74, 6) is -0.849. The number of alkyl halides is 2. The Kier molecular flexibility index (Phi) is 3.50. The highest BCUT2D eigenvalue weighted by Crippen LogP contribution is 2.41. The zero-order chi connectivity index (χ0) is 9.90. The van der Waals surface area contributed by atoms with Crippen molar-refractivity contribution in [1.82, 2.24) is 0 Å². The van der Waals surface area contributed by atoms with Crippen LogP contribution in [0.1, 0.15) is 12.0 Å². The zero-order valence-electron chi connectivity index (χ0n) is 6.71. The van der Waals surface area contributed by atoms with Gasteiger partial charge in [-0.05, 0) is 5.56 Å². The SMILES string of the molecule is O=C(O)CC(Br)(Br)c1ccccc1. The highest BCUT2D eigenvalue weighted by molar-refractivity contribution is 9.24. The minimum Gasteiger partial charge on any atom is -0.481 e. The van der Waals surface area contributed by atoms with Crippen LogP contribution in [0.5, 0.6) is 0 Å². The number of hydrogen-bond donors (Lipinski definition) is 1. The molecule has 0 aromatic heterocycles. The van der Waals surface area contributed by atoms with Crippen molar-refractivity contribution in [3.63, 3.8) is 0 Å². The van der Waals surface area contributed by atoms with Gasteiger partial charge >= 0.3 is 5.97 Å². The average molecular weight is 308 g/mol. The van der Waals surface area contributed by atoms with Gasteiger partial charge in [0.15, 0.2) is 0 Å². The molecule has 0 aliphatic heterocycles. The van der Waals surface area contributed by atoms with Crippen LogP contribution in [-0.4, -0.2) is 11.1 Å². The first-order valence-electron chi connectivity index (χ1n) is 3.67. The summed E-state index contributed by atoms with van der Waals surface area (Å²) in [6.07, 6.45) is -0.00296. The number of carboxylic acid groups (broad SMARTS) is 1. The van der Waals surface area contributed by atoms with Crippen molar-refractivity contribution in [2.24, 2.45) is 0 Å². The largest absolute Gasteiger partial charge is 0.481 e. The first-order chi connectivity index (χ1) is 6.02. The molecule has 1 N–H and O–H groups in total. The molecule has 2 nitrogen and oxygen atoms in total. The van der Waals surface area contributed by atoms with Crippen molar-refractivity contribution in [3.8, 4) is 0 Å². The Morgan fingerprint density at radius 3 is 2.31 bits per heavy atom. The van der Waals surface area contributed by atoms with Crippen LogP contribution in [0, 0.1) is 0 Å². The smallest absolute Gasteiger partial charge is 0.306 e. The van der Waals surface area contributed by atoms with Crippen LogP contribution in [0.2, 0.25) is 0 Å². The molecule has 0 aliphatic carbocycles. The molecular formula is C9H8Br2O2. The molecule has 13 heavy (non-hydrogen) atoms. The van der Waals surface area contributed by atoms with E-state index in [0.717, 1.165) is 5.56 Å². The van der Waals surface area contributed by atoms with Crippen LogP contribution in [-0.2, 0) is 8.03 Å². The Hall–Kier alpha value is -0.350. The maximum atomic E-state index is 10.5. The number of halogens is 2. The van der Waals surface area contributed by atoms with Crippen molar-refractivity contribution in [3.05, 3.63) is 35.9 Å². The molecule has 0 bridgehead atoms. The Labute approximate surface area is 93.2 Å². The second kappa shape index (κ2) is 4.24. The number of carbonyl (C=O) groups is 1. The van der Waals surface area contributed by atoms with E-state index in [4.69, 9.17) is 5.11 Å². The van der Waals surface area contributed by atoms with Gasteiger partial charge in [-0.2, -0.15) is 0 Å². The Balaban J connectivity index is 2.87. The van der Waals surface area contributed by atoms with Gasteiger partial charge in [0.1, 0.15) is 3.23 Å². The van der Waals surface area contributed by atoms with E-state index in [1.54, 1.807) is 0 Å². The van der Waals surface area contributed by atoms with Crippen LogP contribution < -0.4 is 0 Å². The molecule has 0 spiro atoms. The number of hydrogen-bond acceptors (Lipinski definition) is 1. The van der Waals surface area contributed by atoms with Crippen molar-refractivity contribution in [1.29, 1.82) is 0 Å². The third kappa shape index (κ3) is 3.12. The number of rotatable bonds is 3. The molecule has 0 heterocycles. The Morgan fingerprint density at radius 1 is 1.31 bits per heavy atom. The lowest BCUT2D eigenvalue weighted by Gasteiger charge is -2.18. The van der Waals surface area contributed by atoms with Crippen LogP contribution in [0.3, 0.4) is 0 Å². The minimum atomic E-state index is -0.849. The molecular weight excluding hydrogens is 300 g/mol. The van der Waals surface area contributed by atoms with Gasteiger partial charge in [0.2, 0.25) is 0 Å². The topological polar surface area (TPSA) is 37.3 Å². The highest BCUT2D eigenvalue weighted by atomic mass is 79.9. The maximum absolute atomic E-state index is 10.5. The van der Waals surface area contributed by atoms with Gasteiger partial charge in [0.05, 0.1) is 6.42 Å². The fraction of sp³-hybridized carbons (Fsp3) is 0.222. The molecule has 0 saturated heterocycles. The average Bonchev–Trinajstić information content (AvgIpc) is 2.04. The number of benzene rings is 1. The van der Waals surface area contributed by atoms with Crippen LogP contribution in [0.15, 0.2) is 30.3 Å². The Morgan fingerprint density at radius 2 is 1.85 bits per heavy atom. The Bertz CT molecular complexity index is 296. The lowest BCUT2D eigenvalue weighted by atomic mass is 10.1. The summed E-state index contributed by atoms with van der Waals surface area (Å²) in [6.45, 7) is 0. The molecule has 1 aromatic carbocycles. The lowest BCUT2D eigenvalue weighted by Crippen LogP contribution is -2.14. The first-order valence-corrected chi connectivity index (χ1v) is 5.26. The summed E-state index contributed by atoms with van der Waals surface area (Å²) in [5.41, 5.74) is 0.900. The zero-order valence-corrected chi connectivity index (χ0v) is 9.88. The van der Waals surface area contributed by atoms with Gasteiger partial charge in [-0.15, -0.1) is 0 Å². The van der Waals surface area contributed by atoms with Crippen LogP contribution in [0.4, 0.5) is 0 Å². The van der Waals surface area contributed by atoms with E-state index in [0.29, 0.717) is 0 Å². The summed E-state index contributed by atoms with van der Waals surface area (Å²) in [4.78, 5) is 10.5. The van der Waals surface area contributed by atoms with Gasteiger partial charge in [-0.1, -0.05) is 62.2 Å². The van der Waals surface area contributed by atoms with E-state index in [2.05, 4.69) is 31.9 Å². The molecule has 0 unspecified atom stereocenters. The molecule has 70 valence electrons. The molecule has 0 fully saturated rings. The molecule has 1 rings (SSSR count). The second-order valence-corrected chi connectivity index (χ2v) is 6.41. The third-order valence-corrected chi connectivity index (χ3v) is 3.05. The lowest BCUT2D eigenvalue weighted by molar-refractivity contribution is -0.137. The predicted molar refractivity (Wildman–Crippen MR) is 58.2 cm³/mol. The normalized spacial score (nSPS) is 11.2. The first kappa shape index (κ1) is 10.7. The summed E-state index contributed by atoms with van der Waals surface area (Å²) >= 11 is 6.65. The molecule has 0 saturated carbocycles. The quantitative estimate of drug-likeness (QED) is 0.871. The van der Waals surface area contributed by atoms with E-state index in [9.17, 15) is 4.79 Å². The fourth-order valence-corrected chi connectivity index (χ4v) is 1.98. The standard InChI is InChI=1S/C9H8Br2O2/c10-9(11,6-8(12)13)7-4-2-1-3-5-7/h1-5H,6H2,(H,12,13). The van der Waals surface area contributed by atoms with Gasteiger partial charge in [-0.25, -0.2) is 0 Å². The molecule has 1 aromatic rings. The summed E-state index contributed by atoms with van der Waals surface area (Å²) in [7, 11) is 0. The molecule has 4 heteroatoms. The van der Waals surface area contributed by atoms with Crippen molar-refractivity contribution < 1.29 is 9.90 Å². The summed E-state index contributed by atoms with van der Waals surface area (Å²) < 4.78 is -0.660. The monoisotopic (exact) mass is 306 g/mol. The molecule has 0 amide bonds. The van der Waals surface area contributed by atoms with E-state index in [1.807, 2.05) is 30.3 Å². The van der Waals surface area contributed by atoms with Crippen molar-refractivity contribution in [2.45, 2.75) is 9.65 Å². The van der Waals surface area contributed by atoms with E-state index < -0.39 is 9.20 Å². The van der Waals surface area contributed by atoms with Gasteiger partial charge in [0, 0.05) is 0 Å². The van der Waals surface area contributed by atoms with E-state index >= 15 is 0 Å². The molecule has 0 aliphatic rings. The summed E-state index contributed by atoms with van der Waals surface area (Å²) in [6, 6.07) is 9.36.